The first-order chi connectivity index (χ1) is 11.4. The molecule has 7 heteroatoms. The number of nitrogens with zero attached hydrogens (tertiary/aromatic N) is 1. The van der Waals surface area contributed by atoms with Crippen LogP contribution in [-0.4, -0.2) is 16.9 Å². The molecule has 2 aromatic rings. The Bertz CT molecular complexity index is 763. The number of carbonyl (C=O) groups excluding carboxylic acids is 1. The number of nitrogens with one attached hydrogen (secondary N) is 1. The van der Waals surface area contributed by atoms with E-state index in [4.69, 9.17) is 11.6 Å². The number of rotatable bonds is 3. The first kappa shape index (κ1) is 16.8. The summed E-state index contributed by atoms with van der Waals surface area (Å²) in [5, 5.41) is 2.84. The van der Waals surface area contributed by atoms with Gasteiger partial charge in [-0.2, -0.15) is 13.2 Å². The van der Waals surface area contributed by atoms with E-state index in [1.165, 1.54) is 24.4 Å². The van der Waals surface area contributed by atoms with Crippen molar-refractivity contribution in [2.75, 3.05) is 0 Å². The molecule has 24 heavy (non-hydrogen) atoms. The van der Waals surface area contributed by atoms with Gasteiger partial charge < -0.3 is 5.32 Å². The molecule has 3 rings (SSSR count). The molecule has 1 aliphatic rings. The molecule has 0 radical (unpaired) electrons. The molecule has 0 spiro atoms. The first-order valence-corrected chi connectivity index (χ1v) is 7.83. The van der Waals surface area contributed by atoms with E-state index < -0.39 is 17.6 Å². The molecule has 1 saturated carbocycles. The Hall–Kier alpha value is -2.08. The van der Waals surface area contributed by atoms with Crippen LogP contribution in [0.4, 0.5) is 13.2 Å². The molecular formula is C17H14ClF3N2O. The lowest BCUT2D eigenvalue weighted by atomic mass is 9.73. The molecule has 1 amide bonds. The van der Waals surface area contributed by atoms with Crippen LogP contribution < -0.4 is 5.32 Å². The molecule has 2 atom stereocenters. The molecule has 1 aromatic carbocycles. The molecule has 1 aromatic heterocycles. The number of hydrogen-bond acceptors (Lipinski definition) is 2. The van der Waals surface area contributed by atoms with E-state index in [2.05, 4.69) is 10.3 Å². The SMILES string of the molecule is O=C(N[C@@H]1CC[C@@H]1c1ccccc1C(F)(F)F)c1cccnc1Cl. The second-order valence-electron chi connectivity index (χ2n) is 5.69. The van der Waals surface area contributed by atoms with Crippen molar-refractivity contribution in [2.45, 2.75) is 31.0 Å². The van der Waals surface area contributed by atoms with Crippen LogP contribution >= 0.6 is 11.6 Å². The van der Waals surface area contributed by atoms with Crippen molar-refractivity contribution in [3.05, 3.63) is 64.4 Å². The summed E-state index contributed by atoms with van der Waals surface area (Å²) in [4.78, 5) is 16.1. The zero-order valence-corrected chi connectivity index (χ0v) is 13.2. The number of amides is 1. The number of benzene rings is 1. The first-order valence-electron chi connectivity index (χ1n) is 7.45. The van der Waals surface area contributed by atoms with E-state index in [-0.39, 0.29) is 28.2 Å². The molecular weight excluding hydrogens is 341 g/mol. The fourth-order valence-corrected chi connectivity index (χ4v) is 3.13. The minimum atomic E-state index is -4.41. The van der Waals surface area contributed by atoms with Crippen LogP contribution in [-0.2, 0) is 6.18 Å². The average molecular weight is 355 g/mol. The monoisotopic (exact) mass is 354 g/mol. The van der Waals surface area contributed by atoms with Gasteiger partial charge in [0.15, 0.2) is 0 Å². The number of halogens is 4. The minimum absolute atomic E-state index is 0.0709. The molecule has 0 saturated heterocycles. The van der Waals surface area contributed by atoms with Crippen molar-refractivity contribution in [2.24, 2.45) is 0 Å². The third-order valence-corrected chi connectivity index (χ3v) is 4.56. The Morgan fingerprint density at radius 1 is 1.17 bits per heavy atom. The number of pyridine rings is 1. The molecule has 0 aliphatic heterocycles. The Labute approximate surface area is 141 Å². The predicted octanol–water partition coefficient (Wildman–Crippen LogP) is 4.43. The summed E-state index contributed by atoms with van der Waals surface area (Å²) in [5.41, 5.74) is -0.207. The normalized spacial score (nSPS) is 20.3. The van der Waals surface area contributed by atoms with Crippen molar-refractivity contribution >= 4 is 17.5 Å². The zero-order chi connectivity index (χ0) is 17.3. The molecule has 1 N–H and O–H groups in total. The highest BCUT2D eigenvalue weighted by Crippen LogP contribution is 2.43. The van der Waals surface area contributed by atoms with E-state index in [0.717, 1.165) is 6.07 Å². The molecule has 0 unspecified atom stereocenters. The lowest BCUT2D eigenvalue weighted by Gasteiger charge is -2.38. The van der Waals surface area contributed by atoms with Gasteiger partial charge in [-0.1, -0.05) is 29.8 Å². The Kier molecular flexibility index (Phi) is 4.49. The molecule has 3 nitrogen and oxygen atoms in total. The van der Waals surface area contributed by atoms with Gasteiger partial charge in [0, 0.05) is 18.2 Å². The smallest absolute Gasteiger partial charge is 0.349 e. The van der Waals surface area contributed by atoms with Crippen molar-refractivity contribution < 1.29 is 18.0 Å². The van der Waals surface area contributed by atoms with Crippen LogP contribution in [0.25, 0.3) is 0 Å². The van der Waals surface area contributed by atoms with E-state index in [1.807, 2.05) is 0 Å². The summed E-state index contributed by atoms with van der Waals surface area (Å²) >= 11 is 5.88. The fraction of sp³-hybridized carbons (Fsp3) is 0.294. The summed E-state index contributed by atoms with van der Waals surface area (Å²) in [6, 6.07) is 8.26. The van der Waals surface area contributed by atoms with E-state index in [0.29, 0.717) is 12.8 Å². The fourth-order valence-electron chi connectivity index (χ4n) is 2.93. The van der Waals surface area contributed by atoms with Crippen LogP contribution in [0.5, 0.6) is 0 Å². The van der Waals surface area contributed by atoms with Gasteiger partial charge in [-0.05, 0) is 36.6 Å². The van der Waals surface area contributed by atoms with Gasteiger partial charge in [-0.25, -0.2) is 4.98 Å². The van der Waals surface area contributed by atoms with Crippen LogP contribution in [0, 0.1) is 0 Å². The average Bonchev–Trinajstić information content (AvgIpc) is 2.51. The topological polar surface area (TPSA) is 42.0 Å². The Morgan fingerprint density at radius 2 is 1.92 bits per heavy atom. The third kappa shape index (κ3) is 3.24. The van der Waals surface area contributed by atoms with E-state index >= 15 is 0 Å². The van der Waals surface area contributed by atoms with Gasteiger partial charge in [-0.15, -0.1) is 0 Å². The highest BCUT2D eigenvalue weighted by atomic mass is 35.5. The zero-order valence-electron chi connectivity index (χ0n) is 12.5. The van der Waals surface area contributed by atoms with Gasteiger partial charge in [-0.3, -0.25) is 4.79 Å². The molecule has 1 aliphatic carbocycles. The maximum atomic E-state index is 13.2. The van der Waals surface area contributed by atoms with Crippen molar-refractivity contribution in [1.29, 1.82) is 0 Å². The number of aromatic nitrogens is 1. The Morgan fingerprint density at radius 3 is 2.54 bits per heavy atom. The lowest BCUT2D eigenvalue weighted by molar-refractivity contribution is -0.138. The van der Waals surface area contributed by atoms with Crippen molar-refractivity contribution in [1.82, 2.24) is 10.3 Å². The number of alkyl halides is 3. The molecule has 0 bridgehead atoms. The molecule has 1 heterocycles. The second kappa shape index (κ2) is 6.43. The summed E-state index contributed by atoms with van der Waals surface area (Å²) in [7, 11) is 0. The highest BCUT2D eigenvalue weighted by molar-refractivity contribution is 6.32. The highest BCUT2D eigenvalue weighted by Gasteiger charge is 2.40. The molecule has 126 valence electrons. The van der Waals surface area contributed by atoms with Crippen LogP contribution in [0.3, 0.4) is 0 Å². The van der Waals surface area contributed by atoms with Crippen LogP contribution in [0.15, 0.2) is 42.6 Å². The van der Waals surface area contributed by atoms with Gasteiger partial charge >= 0.3 is 6.18 Å². The van der Waals surface area contributed by atoms with Crippen LogP contribution in [0.1, 0.15) is 40.2 Å². The summed E-state index contributed by atoms with van der Waals surface area (Å²) in [6.07, 6.45) is -1.72. The third-order valence-electron chi connectivity index (χ3n) is 4.26. The van der Waals surface area contributed by atoms with E-state index in [1.54, 1.807) is 12.1 Å². The Balaban J connectivity index is 1.79. The van der Waals surface area contributed by atoms with Gasteiger partial charge in [0.25, 0.3) is 5.91 Å². The summed E-state index contributed by atoms with van der Waals surface area (Å²) in [6.45, 7) is 0. The number of hydrogen-bond donors (Lipinski definition) is 1. The minimum Gasteiger partial charge on any atom is -0.349 e. The quantitative estimate of drug-likeness (QED) is 0.828. The maximum absolute atomic E-state index is 13.2. The second-order valence-corrected chi connectivity index (χ2v) is 6.05. The summed E-state index contributed by atoms with van der Waals surface area (Å²) < 4.78 is 39.5. The molecule has 1 fully saturated rings. The van der Waals surface area contributed by atoms with Gasteiger partial charge in [0.05, 0.1) is 11.1 Å². The largest absolute Gasteiger partial charge is 0.416 e. The summed E-state index contributed by atoms with van der Waals surface area (Å²) in [5.74, 6) is -0.783. The maximum Gasteiger partial charge on any atom is 0.416 e. The van der Waals surface area contributed by atoms with Crippen molar-refractivity contribution in [3.63, 3.8) is 0 Å². The van der Waals surface area contributed by atoms with E-state index in [9.17, 15) is 18.0 Å². The van der Waals surface area contributed by atoms with Crippen molar-refractivity contribution in [3.8, 4) is 0 Å². The lowest BCUT2D eigenvalue weighted by Crippen LogP contribution is -2.46. The van der Waals surface area contributed by atoms with Gasteiger partial charge in [0.1, 0.15) is 5.15 Å². The van der Waals surface area contributed by atoms with Crippen LogP contribution in [0.2, 0.25) is 5.15 Å². The standard InChI is InChI=1S/C17H14ClF3N2O/c18-15-12(5-3-9-22-15)16(24)23-14-8-7-11(14)10-4-1-2-6-13(10)17(19,20)21/h1-6,9,11,14H,7-8H2,(H,23,24)/t11-,14-/m1/s1. The number of carbonyl (C=O) groups is 1. The van der Waals surface area contributed by atoms with Gasteiger partial charge in [0.2, 0.25) is 0 Å². The predicted molar refractivity (Wildman–Crippen MR) is 83.9 cm³/mol.